The summed E-state index contributed by atoms with van der Waals surface area (Å²) < 4.78 is 1.04. The van der Waals surface area contributed by atoms with E-state index < -0.39 is 0 Å². The molecule has 2 heteroatoms. The molecule has 0 aliphatic rings. The van der Waals surface area contributed by atoms with Crippen molar-refractivity contribution >= 4 is 22.2 Å². The number of hydrogen-bond donors (Lipinski definition) is 0. The molecule has 1 nitrogen and oxygen atoms in total. The van der Waals surface area contributed by atoms with Crippen molar-refractivity contribution in [2.75, 3.05) is 0 Å². The molecule has 0 saturated carbocycles. The first-order valence-corrected chi connectivity index (χ1v) is 4.24. The van der Waals surface area contributed by atoms with E-state index in [4.69, 9.17) is 0 Å². The van der Waals surface area contributed by atoms with Gasteiger partial charge in [0.1, 0.15) is 6.29 Å². The number of benzene rings is 1. The van der Waals surface area contributed by atoms with E-state index in [-0.39, 0.29) is 5.92 Å². The van der Waals surface area contributed by atoms with Crippen LogP contribution in [0.4, 0.5) is 0 Å². The molecule has 0 amide bonds. The Labute approximate surface area is 74.6 Å². The predicted molar refractivity (Wildman–Crippen MR) is 48.6 cm³/mol. The van der Waals surface area contributed by atoms with Crippen molar-refractivity contribution in [3.8, 4) is 0 Å². The predicted octanol–water partition coefficient (Wildman–Crippen LogP) is 2.75. The van der Waals surface area contributed by atoms with Crippen LogP contribution in [0.5, 0.6) is 0 Å². The van der Waals surface area contributed by atoms with Crippen molar-refractivity contribution in [3.05, 3.63) is 34.3 Å². The number of hydrogen-bond acceptors (Lipinski definition) is 1. The van der Waals surface area contributed by atoms with Gasteiger partial charge in [-0.25, -0.2) is 0 Å². The molecule has 0 aromatic heterocycles. The monoisotopic (exact) mass is 212 g/mol. The molecule has 0 radical (unpaired) electrons. The van der Waals surface area contributed by atoms with Gasteiger partial charge >= 0.3 is 0 Å². The van der Waals surface area contributed by atoms with E-state index in [9.17, 15) is 4.79 Å². The van der Waals surface area contributed by atoms with Gasteiger partial charge in [0.2, 0.25) is 0 Å². The number of carbonyl (C=O) groups excluding carboxylic acids is 1. The van der Waals surface area contributed by atoms with Crippen LogP contribution in [0, 0.1) is 0 Å². The second-order valence-electron chi connectivity index (χ2n) is 2.48. The Balaban J connectivity index is 2.89. The lowest BCUT2D eigenvalue weighted by molar-refractivity contribution is -0.108. The molecule has 1 rings (SSSR count). The van der Waals surface area contributed by atoms with Crippen LogP contribution in [0.2, 0.25) is 0 Å². The van der Waals surface area contributed by atoms with E-state index in [2.05, 4.69) is 15.9 Å². The van der Waals surface area contributed by atoms with Gasteiger partial charge in [0.05, 0.1) is 0 Å². The number of carbonyl (C=O) groups is 1. The minimum absolute atomic E-state index is 0.00287. The molecular weight excluding hydrogens is 204 g/mol. The first kappa shape index (κ1) is 8.47. The van der Waals surface area contributed by atoms with E-state index in [0.717, 1.165) is 16.3 Å². The average molecular weight is 213 g/mol. The molecule has 1 aromatic carbocycles. The second-order valence-corrected chi connectivity index (χ2v) is 3.39. The smallest absolute Gasteiger partial charge is 0.127 e. The van der Waals surface area contributed by atoms with Crippen LogP contribution >= 0.6 is 15.9 Å². The van der Waals surface area contributed by atoms with Crippen LogP contribution in [0.25, 0.3) is 0 Å². The van der Waals surface area contributed by atoms with Gasteiger partial charge in [-0.3, -0.25) is 0 Å². The van der Waals surface area contributed by atoms with Gasteiger partial charge in [0, 0.05) is 10.4 Å². The van der Waals surface area contributed by atoms with Crippen LogP contribution in [-0.2, 0) is 4.79 Å². The summed E-state index contributed by atoms with van der Waals surface area (Å²) in [5.41, 5.74) is 1.06. The van der Waals surface area contributed by atoms with Gasteiger partial charge in [-0.2, -0.15) is 0 Å². The number of rotatable bonds is 2. The zero-order valence-electron chi connectivity index (χ0n) is 6.25. The molecule has 0 N–H and O–H groups in total. The van der Waals surface area contributed by atoms with Crippen molar-refractivity contribution in [1.29, 1.82) is 0 Å². The topological polar surface area (TPSA) is 17.1 Å². The van der Waals surface area contributed by atoms with E-state index in [1.165, 1.54) is 0 Å². The summed E-state index contributed by atoms with van der Waals surface area (Å²) in [5, 5.41) is 0. The summed E-state index contributed by atoms with van der Waals surface area (Å²) in [6, 6.07) is 7.77. The van der Waals surface area contributed by atoms with Gasteiger partial charge in [0.15, 0.2) is 0 Å². The molecule has 0 fully saturated rings. The van der Waals surface area contributed by atoms with E-state index in [1.807, 2.05) is 31.2 Å². The fraction of sp³-hybridized carbons (Fsp3) is 0.222. The highest BCUT2D eigenvalue weighted by Gasteiger charge is 2.01. The van der Waals surface area contributed by atoms with E-state index in [1.54, 1.807) is 0 Å². The summed E-state index contributed by atoms with van der Waals surface area (Å²) in [5.74, 6) is 0.00287. The first-order valence-electron chi connectivity index (χ1n) is 3.45. The highest BCUT2D eigenvalue weighted by molar-refractivity contribution is 9.10. The molecule has 0 bridgehead atoms. The minimum Gasteiger partial charge on any atom is -0.303 e. The zero-order valence-corrected chi connectivity index (χ0v) is 7.84. The van der Waals surface area contributed by atoms with E-state index in [0.29, 0.717) is 0 Å². The lowest BCUT2D eigenvalue weighted by atomic mass is 10.0. The van der Waals surface area contributed by atoms with Crippen molar-refractivity contribution in [2.45, 2.75) is 12.8 Å². The molecule has 58 valence electrons. The minimum atomic E-state index is 0.00287. The highest BCUT2D eigenvalue weighted by Crippen LogP contribution is 2.16. The van der Waals surface area contributed by atoms with Crippen LogP contribution in [0.15, 0.2) is 28.7 Å². The molecule has 0 saturated heterocycles. The Morgan fingerprint density at radius 2 is 1.91 bits per heavy atom. The zero-order chi connectivity index (χ0) is 8.27. The van der Waals surface area contributed by atoms with Crippen molar-refractivity contribution in [1.82, 2.24) is 0 Å². The molecule has 0 unspecified atom stereocenters. The van der Waals surface area contributed by atoms with E-state index >= 15 is 0 Å². The first-order chi connectivity index (χ1) is 5.24. The molecule has 0 spiro atoms. The Morgan fingerprint density at radius 3 is 2.36 bits per heavy atom. The Morgan fingerprint density at radius 1 is 1.36 bits per heavy atom. The third kappa shape index (κ3) is 2.15. The van der Waals surface area contributed by atoms with Gasteiger partial charge in [-0.15, -0.1) is 0 Å². The van der Waals surface area contributed by atoms with Crippen LogP contribution in [-0.4, -0.2) is 6.29 Å². The quantitative estimate of drug-likeness (QED) is 0.690. The maximum Gasteiger partial charge on any atom is 0.127 e. The van der Waals surface area contributed by atoms with Gasteiger partial charge < -0.3 is 4.79 Å². The second kappa shape index (κ2) is 3.67. The summed E-state index contributed by atoms with van der Waals surface area (Å²) in [6.45, 7) is 1.89. The third-order valence-corrected chi connectivity index (χ3v) is 2.13. The third-order valence-electron chi connectivity index (χ3n) is 1.60. The Bertz CT molecular complexity index is 240. The normalized spacial score (nSPS) is 12.5. The Hall–Kier alpha value is -0.630. The molecule has 11 heavy (non-hydrogen) atoms. The van der Waals surface area contributed by atoms with Crippen LogP contribution < -0.4 is 0 Å². The van der Waals surface area contributed by atoms with Crippen molar-refractivity contribution < 1.29 is 4.79 Å². The van der Waals surface area contributed by atoms with Gasteiger partial charge in [-0.1, -0.05) is 35.0 Å². The average Bonchev–Trinajstić information content (AvgIpc) is 2.05. The summed E-state index contributed by atoms with van der Waals surface area (Å²) >= 11 is 3.33. The SMILES string of the molecule is C[C@@H](C=O)c1ccc(Br)cc1. The van der Waals surface area contributed by atoms with Crippen LogP contribution in [0.1, 0.15) is 18.4 Å². The highest BCUT2D eigenvalue weighted by atomic mass is 79.9. The number of halogens is 1. The fourth-order valence-corrected chi connectivity index (χ4v) is 1.11. The molecule has 0 aliphatic heterocycles. The summed E-state index contributed by atoms with van der Waals surface area (Å²) in [6.07, 6.45) is 0.948. The summed E-state index contributed by atoms with van der Waals surface area (Å²) in [4.78, 5) is 10.4. The fourth-order valence-electron chi connectivity index (χ4n) is 0.845. The van der Waals surface area contributed by atoms with Gasteiger partial charge in [0.25, 0.3) is 0 Å². The maximum atomic E-state index is 10.4. The molecule has 1 aromatic rings. The van der Waals surface area contributed by atoms with Gasteiger partial charge in [-0.05, 0) is 17.7 Å². The van der Waals surface area contributed by atoms with Crippen molar-refractivity contribution in [2.24, 2.45) is 0 Å². The Kier molecular flexibility index (Phi) is 2.83. The maximum absolute atomic E-state index is 10.4. The lowest BCUT2D eigenvalue weighted by Gasteiger charge is -2.02. The lowest BCUT2D eigenvalue weighted by Crippen LogP contribution is -1.92. The van der Waals surface area contributed by atoms with Crippen LogP contribution in [0.3, 0.4) is 0 Å². The summed E-state index contributed by atoms with van der Waals surface area (Å²) in [7, 11) is 0. The largest absolute Gasteiger partial charge is 0.303 e. The standard InChI is InChI=1S/C9H9BrO/c1-7(6-11)8-2-4-9(10)5-3-8/h2-7H,1H3/t7-/m0/s1. The molecular formula is C9H9BrO. The molecule has 1 atom stereocenters. The van der Waals surface area contributed by atoms with Crippen molar-refractivity contribution in [3.63, 3.8) is 0 Å². The number of aldehydes is 1. The molecule has 0 aliphatic carbocycles. The molecule has 0 heterocycles.